The number of anilines is 1. The van der Waals surface area contributed by atoms with E-state index in [0.717, 1.165) is 16.0 Å². The lowest BCUT2D eigenvalue weighted by molar-refractivity contribution is -0.122. The Labute approximate surface area is 209 Å². The largest absolute Gasteiger partial charge is 0.467 e. The fourth-order valence-electron chi connectivity index (χ4n) is 4.32. The van der Waals surface area contributed by atoms with E-state index in [4.69, 9.17) is 8.83 Å². The minimum atomic E-state index is -0.936. The predicted molar refractivity (Wildman–Crippen MR) is 133 cm³/mol. The van der Waals surface area contributed by atoms with Crippen LogP contribution in [0, 0.1) is 0 Å². The normalized spacial score (nSPS) is 15.7. The predicted octanol–water partition coefficient (Wildman–Crippen LogP) is 5.12. The Balaban J connectivity index is 1.27. The third kappa shape index (κ3) is 3.89. The summed E-state index contributed by atoms with van der Waals surface area (Å²) >= 11 is 1.28. The maximum atomic E-state index is 13.5. The van der Waals surface area contributed by atoms with Gasteiger partial charge in [0.1, 0.15) is 17.3 Å². The highest BCUT2D eigenvalue weighted by Gasteiger charge is 2.45. The molecule has 8 nitrogen and oxygen atoms in total. The molecule has 36 heavy (non-hydrogen) atoms. The van der Waals surface area contributed by atoms with Crippen LogP contribution >= 0.6 is 11.3 Å². The highest BCUT2D eigenvalue weighted by Crippen LogP contribution is 2.31. The molecule has 4 heterocycles. The van der Waals surface area contributed by atoms with Gasteiger partial charge in [-0.3, -0.25) is 14.4 Å². The van der Waals surface area contributed by atoms with Gasteiger partial charge >= 0.3 is 0 Å². The van der Waals surface area contributed by atoms with Gasteiger partial charge in [-0.05, 0) is 60.0 Å². The van der Waals surface area contributed by atoms with Gasteiger partial charge in [-0.15, -0.1) is 11.3 Å². The number of carbonyl (C=O) groups excluding carboxylic acids is 3. The summed E-state index contributed by atoms with van der Waals surface area (Å²) < 4.78 is 11.2. The average Bonchev–Trinajstić information content (AvgIpc) is 3.70. The van der Waals surface area contributed by atoms with Crippen molar-refractivity contribution >= 4 is 45.8 Å². The number of hydrogen-bond acceptors (Lipinski definition) is 7. The number of rotatable bonds is 6. The van der Waals surface area contributed by atoms with Crippen LogP contribution in [0.4, 0.5) is 5.69 Å². The highest BCUT2D eigenvalue weighted by atomic mass is 32.1. The van der Waals surface area contributed by atoms with Crippen LogP contribution in [0.15, 0.2) is 93.3 Å². The van der Waals surface area contributed by atoms with Gasteiger partial charge in [-0.2, -0.15) is 0 Å². The van der Waals surface area contributed by atoms with Crippen molar-refractivity contribution in [1.29, 1.82) is 0 Å². The monoisotopic (exact) mass is 497 g/mol. The van der Waals surface area contributed by atoms with Crippen LogP contribution in [0.3, 0.4) is 0 Å². The molecule has 1 aliphatic heterocycles. The van der Waals surface area contributed by atoms with Crippen LogP contribution in [0.25, 0.3) is 22.6 Å². The lowest BCUT2D eigenvalue weighted by Crippen LogP contribution is -2.44. The summed E-state index contributed by atoms with van der Waals surface area (Å²) in [5, 5.41) is 1.80. The molecule has 0 N–H and O–H groups in total. The van der Waals surface area contributed by atoms with Gasteiger partial charge in [0, 0.05) is 5.56 Å². The number of aromatic nitrogens is 1. The molecule has 1 atom stereocenters. The number of benzene rings is 2. The zero-order valence-corrected chi connectivity index (χ0v) is 19.7. The molecule has 1 aliphatic rings. The van der Waals surface area contributed by atoms with E-state index in [0.29, 0.717) is 27.8 Å². The Morgan fingerprint density at radius 3 is 2.58 bits per heavy atom. The van der Waals surface area contributed by atoms with E-state index < -0.39 is 11.9 Å². The maximum absolute atomic E-state index is 13.5. The Morgan fingerprint density at radius 1 is 1.03 bits per heavy atom. The molecule has 3 aromatic heterocycles. The summed E-state index contributed by atoms with van der Waals surface area (Å²) in [5.74, 6) is -0.165. The number of thiophene rings is 1. The van der Waals surface area contributed by atoms with E-state index in [1.54, 1.807) is 53.9 Å². The lowest BCUT2D eigenvalue weighted by atomic mass is 10.1. The fraction of sp³-hybridized carbons (Fsp3) is 0.111. The number of amides is 3. The zero-order chi connectivity index (χ0) is 24.6. The van der Waals surface area contributed by atoms with Gasteiger partial charge < -0.3 is 13.7 Å². The van der Waals surface area contributed by atoms with Crippen molar-refractivity contribution in [1.82, 2.24) is 9.88 Å². The first-order valence-electron chi connectivity index (χ1n) is 11.3. The molecular weight excluding hydrogens is 478 g/mol. The lowest BCUT2D eigenvalue weighted by Gasteiger charge is -2.26. The second-order valence-electron chi connectivity index (χ2n) is 8.31. The summed E-state index contributed by atoms with van der Waals surface area (Å²) in [5.41, 5.74) is 2.57. The summed E-state index contributed by atoms with van der Waals surface area (Å²) in [6, 6.07) is 20.3. The molecule has 0 spiro atoms. The van der Waals surface area contributed by atoms with Crippen molar-refractivity contribution < 1.29 is 23.2 Å². The van der Waals surface area contributed by atoms with E-state index in [2.05, 4.69) is 4.98 Å². The number of furan rings is 1. The van der Waals surface area contributed by atoms with E-state index in [1.807, 2.05) is 24.3 Å². The number of carbonyl (C=O) groups is 3. The van der Waals surface area contributed by atoms with Crippen molar-refractivity contribution in [3.05, 3.63) is 95.1 Å². The highest BCUT2D eigenvalue weighted by molar-refractivity contribution is 7.12. The second kappa shape index (κ2) is 8.94. The minimum absolute atomic E-state index is 0.0813. The van der Waals surface area contributed by atoms with Crippen LogP contribution in [0.2, 0.25) is 0 Å². The Bertz CT molecular complexity index is 1520. The third-order valence-electron chi connectivity index (χ3n) is 6.06. The molecule has 2 aromatic carbocycles. The van der Waals surface area contributed by atoms with Crippen LogP contribution in [-0.2, 0) is 16.1 Å². The molecule has 0 radical (unpaired) electrons. The van der Waals surface area contributed by atoms with E-state index in [-0.39, 0.29) is 24.8 Å². The van der Waals surface area contributed by atoms with Crippen molar-refractivity contribution in [2.24, 2.45) is 0 Å². The van der Waals surface area contributed by atoms with E-state index in [9.17, 15) is 14.4 Å². The molecular formula is C27H19N3O5S. The molecule has 178 valence electrons. The zero-order valence-electron chi connectivity index (χ0n) is 18.9. The van der Waals surface area contributed by atoms with Gasteiger partial charge in [0.25, 0.3) is 11.8 Å². The number of nitrogens with zero attached hydrogens (tertiary/aromatic N) is 3. The first-order chi connectivity index (χ1) is 17.6. The van der Waals surface area contributed by atoms with E-state index in [1.165, 1.54) is 22.5 Å². The Hall–Kier alpha value is -4.50. The maximum Gasteiger partial charge on any atom is 0.265 e. The van der Waals surface area contributed by atoms with Crippen molar-refractivity contribution in [3.63, 3.8) is 0 Å². The van der Waals surface area contributed by atoms with Crippen LogP contribution in [0.1, 0.15) is 21.9 Å². The first-order valence-corrected chi connectivity index (χ1v) is 12.2. The summed E-state index contributed by atoms with van der Waals surface area (Å²) in [6.07, 6.45) is 1.40. The van der Waals surface area contributed by atoms with Gasteiger partial charge in [-0.25, -0.2) is 9.88 Å². The molecule has 3 amide bonds. The first kappa shape index (κ1) is 22.0. The van der Waals surface area contributed by atoms with Crippen molar-refractivity contribution in [2.75, 3.05) is 4.90 Å². The summed E-state index contributed by atoms with van der Waals surface area (Å²) in [4.78, 5) is 47.3. The molecule has 6 rings (SSSR count). The van der Waals surface area contributed by atoms with Crippen LogP contribution in [-0.4, -0.2) is 33.6 Å². The van der Waals surface area contributed by atoms with Gasteiger partial charge in [-0.1, -0.05) is 18.2 Å². The van der Waals surface area contributed by atoms with Gasteiger partial charge in [0.2, 0.25) is 11.8 Å². The Kier molecular flexibility index (Phi) is 5.46. The topological polar surface area (TPSA) is 96.9 Å². The van der Waals surface area contributed by atoms with E-state index >= 15 is 0 Å². The number of para-hydroxylation sites is 2. The molecule has 0 aliphatic carbocycles. The molecule has 1 unspecified atom stereocenters. The van der Waals surface area contributed by atoms with Crippen LogP contribution in [0.5, 0.6) is 0 Å². The molecule has 0 bridgehead atoms. The summed E-state index contributed by atoms with van der Waals surface area (Å²) in [6.45, 7) is 0.0813. The molecule has 1 fully saturated rings. The smallest absolute Gasteiger partial charge is 0.265 e. The second-order valence-corrected chi connectivity index (χ2v) is 9.26. The molecule has 0 saturated carbocycles. The van der Waals surface area contributed by atoms with Crippen molar-refractivity contribution in [3.8, 4) is 11.5 Å². The molecule has 9 heteroatoms. The standard InChI is InChI=1S/C27H19N3O5S/c31-24-15-21(29(16-19-5-3-13-34-19)27(33)23-8-4-14-36-23)26(32)30(24)18-11-9-17(10-12-18)25-28-20-6-1-2-7-22(20)35-25/h1-14,21H,15-16H2. The molecule has 5 aromatic rings. The minimum Gasteiger partial charge on any atom is -0.467 e. The average molecular weight is 498 g/mol. The number of imide groups is 1. The number of fused-ring (bicyclic) bond motifs is 1. The summed E-state index contributed by atoms with van der Waals surface area (Å²) in [7, 11) is 0. The molecule has 1 saturated heterocycles. The Morgan fingerprint density at radius 2 is 1.86 bits per heavy atom. The van der Waals surface area contributed by atoms with Crippen LogP contribution < -0.4 is 4.90 Å². The number of hydrogen-bond donors (Lipinski definition) is 0. The van der Waals surface area contributed by atoms with Gasteiger partial charge in [0.15, 0.2) is 5.58 Å². The third-order valence-corrected chi connectivity index (χ3v) is 6.92. The fourth-order valence-corrected chi connectivity index (χ4v) is 4.99. The number of oxazole rings is 1. The SMILES string of the molecule is O=C1CC(N(Cc2ccco2)C(=O)c2cccs2)C(=O)N1c1ccc(-c2nc3ccccc3o2)cc1. The quantitative estimate of drug-likeness (QED) is 0.302. The van der Waals surface area contributed by atoms with Crippen molar-refractivity contribution in [2.45, 2.75) is 19.0 Å². The van der Waals surface area contributed by atoms with Gasteiger partial charge in [0.05, 0.1) is 29.8 Å².